The lowest BCUT2D eigenvalue weighted by molar-refractivity contribution is 0.102. The average Bonchev–Trinajstić information content (AvgIpc) is 2.90. The van der Waals surface area contributed by atoms with Gasteiger partial charge in [-0.05, 0) is 67.8 Å². The standard InChI is InChI=1S/C22H26N4.C7H14ClN.C2H6/c1-7-10-21(23-4)20-14-24-22(25-16(20)3)19-12-9-11-18(13-19)17(8-2)15-26(5)6;1-6-2-7(3-6,4-8)5-9;1-2/h7-15H,2H2,1,3-6H3;6H,2-5,9H2,1H3;1-2H3/b10-7-,17-15+,23-21?;;. The van der Waals surface area contributed by atoms with Crippen LogP contribution in [0.25, 0.3) is 17.0 Å². The van der Waals surface area contributed by atoms with Crippen molar-refractivity contribution in [1.29, 1.82) is 0 Å². The highest BCUT2D eigenvalue weighted by Crippen LogP contribution is 2.45. The molecule has 0 bridgehead atoms. The number of hydrogen-bond acceptors (Lipinski definition) is 5. The molecule has 0 saturated heterocycles. The minimum absolute atomic E-state index is 0.320. The van der Waals surface area contributed by atoms with E-state index in [1.807, 2.05) is 89.4 Å². The number of nitrogens with zero attached hydrogens (tertiary/aromatic N) is 4. The van der Waals surface area contributed by atoms with E-state index >= 15 is 0 Å². The van der Waals surface area contributed by atoms with Gasteiger partial charge in [-0.1, -0.05) is 57.7 Å². The molecule has 0 amide bonds. The van der Waals surface area contributed by atoms with Gasteiger partial charge in [-0.25, -0.2) is 9.97 Å². The number of rotatable bonds is 8. The molecule has 0 atom stereocenters. The zero-order valence-electron chi connectivity index (χ0n) is 24.1. The third-order valence-electron chi connectivity index (χ3n) is 6.17. The van der Waals surface area contributed by atoms with Gasteiger partial charge in [0.15, 0.2) is 5.82 Å². The Hall–Kier alpha value is -2.76. The van der Waals surface area contributed by atoms with Crippen LogP contribution in [-0.4, -0.2) is 54.1 Å². The fourth-order valence-corrected chi connectivity index (χ4v) is 4.74. The van der Waals surface area contributed by atoms with Crippen LogP contribution in [0.15, 0.2) is 66.5 Å². The molecule has 0 unspecified atom stereocenters. The van der Waals surface area contributed by atoms with Crippen LogP contribution in [0.1, 0.15) is 57.4 Å². The SMILES string of the molecule is C=C/C(=C\N(C)C)c1cccc(-c2ncc(C(/C=C\C)=NC)c(C)n2)c1.CC.CC1CC(CN)(CCl)C1. The van der Waals surface area contributed by atoms with E-state index in [1.165, 1.54) is 12.8 Å². The Bertz CT molecular complexity index is 1070. The number of alkyl halides is 1. The second kappa shape index (κ2) is 16.2. The smallest absolute Gasteiger partial charge is 0.159 e. The Morgan fingerprint density at radius 2 is 1.97 bits per heavy atom. The van der Waals surface area contributed by atoms with Gasteiger partial charge in [0.2, 0.25) is 0 Å². The zero-order valence-corrected chi connectivity index (χ0v) is 24.8. The largest absolute Gasteiger partial charge is 0.383 e. The molecule has 5 nitrogen and oxygen atoms in total. The third-order valence-corrected chi connectivity index (χ3v) is 6.74. The third kappa shape index (κ3) is 9.24. The molecular formula is C31H46ClN5. The highest BCUT2D eigenvalue weighted by atomic mass is 35.5. The molecule has 37 heavy (non-hydrogen) atoms. The molecule has 1 aliphatic rings. The number of aliphatic imine (C=N–C) groups is 1. The molecule has 202 valence electrons. The van der Waals surface area contributed by atoms with E-state index in [0.717, 1.165) is 52.0 Å². The highest BCUT2D eigenvalue weighted by Gasteiger charge is 2.39. The van der Waals surface area contributed by atoms with Gasteiger partial charge in [0.25, 0.3) is 0 Å². The maximum Gasteiger partial charge on any atom is 0.159 e. The van der Waals surface area contributed by atoms with Crippen LogP contribution in [0.5, 0.6) is 0 Å². The van der Waals surface area contributed by atoms with E-state index in [1.54, 1.807) is 7.05 Å². The molecule has 0 aliphatic heterocycles. The van der Waals surface area contributed by atoms with Crippen LogP contribution in [0.3, 0.4) is 0 Å². The molecule has 2 N–H and O–H groups in total. The number of aromatic nitrogens is 2. The lowest BCUT2D eigenvalue weighted by Crippen LogP contribution is -2.43. The zero-order chi connectivity index (χ0) is 28.0. The molecule has 1 aliphatic carbocycles. The van der Waals surface area contributed by atoms with E-state index in [0.29, 0.717) is 11.2 Å². The topological polar surface area (TPSA) is 67.4 Å². The maximum atomic E-state index is 5.75. The summed E-state index contributed by atoms with van der Waals surface area (Å²) in [4.78, 5) is 15.6. The van der Waals surface area contributed by atoms with Crippen molar-refractivity contribution in [1.82, 2.24) is 14.9 Å². The number of aryl methyl sites for hydroxylation is 1. The van der Waals surface area contributed by atoms with Gasteiger partial charge in [0.1, 0.15) is 0 Å². The molecule has 0 spiro atoms. The number of hydrogen-bond donors (Lipinski definition) is 1. The van der Waals surface area contributed by atoms with Gasteiger partial charge < -0.3 is 10.6 Å². The number of benzene rings is 1. The maximum absolute atomic E-state index is 5.75. The summed E-state index contributed by atoms with van der Waals surface area (Å²) in [6.45, 7) is 14.9. The van der Waals surface area contributed by atoms with Crippen LogP contribution < -0.4 is 5.73 Å². The molecule has 6 heteroatoms. The second-order valence-corrected chi connectivity index (χ2v) is 9.75. The molecule has 1 aromatic heterocycles. The van der Waals surface area contributed by atoms with Crippen molar-refractivity contribution in [3.63, 3.8) is 0 Å². The molecule has 2 aromatic rings. The van der Waals surface area contributed by atoms with Crippen molar-refractivity contribution in [2.75, 3.05) is 33.6 Å². The summed E-state index contributed by atoms with van der Waals surface area (Å²) < 4.78 is 0. The van der Waals surface area contributed by atoms with Crippen LogP contribution in [0.2, 0.25) is 0 Å². The Kier molecular flexibility index (Phi) is 14.1. The fraction of sp³-hybridized carbons (Fsp3) is 0.452. The fourth-order valence-electron chi connectivity index (χ4n) is 4.41. The van der Waals surface area contributed by atoms with Crippen molar-refractivity contribution < 1.29 is 0 Å². The lowest BCUT2D eigenvalue weighted by Gasteiger charge is -2.44. The first-order valence-electron chi connectivity index (χ1n) is 13.0. The molecule has 1 saturated carbocycles. The van der Waals surface area contributed by atoms with Crippen LogP contribution in [0, 0.1) is 18.3 Å². The van der Waals surface area contributed by atoms with Gasteiger partial charge in [0, 0.05) is 50.5 Å². The summed E-state index contributed by atoms with van der Waals surface area (Å²) >= 11 is 5.75. The van der Waals surface area contributed by atoms with Gasteiger partial charge in [0.05, 0.1) is 11.4 Å². The predicted octanol–water partition coefficient (Wildman–Crippen LogP) is 7.16. The monoisotopic (exact) mass is 523 g/mol. The molecular weight excluding hydrogens is 478 g/mol. The van der Waals surface area contributed by atoms with Crippen LogP contribution >= 0.6 is 11.6 Å². The molecule has 1 heterocycles. The van der Waals surface area contributed by atoms with Crippen molar-refractivity contribution in [2.24, 2.45) is 22.1 Å². The molecule has 1 aromatic carbocycles. The van der Waals surface area contributed by atoms with Crippen LogP contribution in [-0.2, 0) is 0 Å². The summed E-state index contributed by atoms with van der Waals surface area (Å²) in [6.07, 6.45) is 12.1. The van der Waals surface area contributed by atoms with Gasteiger partial charge >= 0.3 is 0 Å². The van der Waals surface area contributed by atoms with Crippen molar-refractivity contribution in [2.45, 2.75) is 47.5 Å². The van der Waals surface area contributed by atoms with Gasteiger partial charge in [-0.15, -0.1) is 11.6 Å². The van der Waals surface area contributed by atoms with Gasteiger partial charge in [-0.2, -0.15) is 0 Å². The van der Waals surface area contributed by atoms with Crippen LogP contribution in [0.4, 0.5) is 0 Å². The summed E-state index contributed by atoms with van der Waals surface area (Å²) in [6, 6.07) is 8.19. The van der Waals surface area contributed by atoms with E-state index in [4.69, 9.17) is 22.3 Å². The minimum atomic E-state index is 0.320. The number of nitrogens with two attached hydrogens (primary N) is 1. The Labute approximate surface area is 230 Å². The first-order chi connectivity index (χ1) is 17.7. The minimum Gasteiger partial charge on any atom is -0.383 e. The van der Waals surface area contributed by atoms with E-state index in [9.17, 15) is 0 Å². The molecule has 0 radical (unpaired) electrons. The first kappa shape index (κ1) is 32.3. The van der Waals surface area contributed by atoms with Crippen molar-refractivity contribution in [3.8, 4) is 11.4 Å². The molecule has 3 rings (SSSR count). The summed E-state index contributed by atoms with van der Waals surface area (Å²) in [7, 11) is 5.77. The Morgan fingerprint density at radius 1 is 1.30 bits per heavy atom. The summed E-state index contributed by atoms with van der Waals surface area (Å²) in [5.41, 5.74) is 11.7. The summed E-state index contributed by atoms with van der Waals surface area (Å²) in [5, 5.41) is 0. The lowest BCUT2D eigenvalue weighted by atomic mass is 9.64. The Morgan fingerprint density at radius 3 is 2.41 bits per heavy atom. The average molecular weight is 524 g/mol. The highest BCUT2D eigenvalue weighted by molar-refractivity contribution is 6.18. The number of allylic oxidation sites excluding steroid dienone is 4. The van der Waals surface area contributed by atoms with Crippen molar-refractivity contribution in [3.05, 3.63) is 78.3 Å². The van der Waals surface area contributed by atoms with Gasteiger partial charge in [-0.3, -0.25) is 4.99 Å². The van der Waals surface area contributed by atoms with Crippen molar-refractivity contribution >= 4 is 22.9 Å². The Balaban J connectivity index is 0.000000519. The van der Waals surface area contributed by atoms with E-state index in [-0.39, 0.29) is 0 Å². The summed E-state index contributed by atoms with van der Waals surface area (Å²) in [5.74, 6) is 2.30. The van der Waals surface area contributed by atoms with E-state index in [2.05, 4.69) is 35.6 Å². The second-order valence-electron chi connectivity index (χ2n) is 9.49. The number of halogens is 1. The predicted molar refractivity (Wildman–Crippen MR) is 163 cm³/mol. The first-order valence-corrected chi connectivity index (χ1v) is 13.6. The normalized spacial score (nSPS) is 19.2. The molecule has 1 fully saturated rings. The van der Waals surface area contributed by atoms with E-state index < -0.39 is 0 Å². The quantitative estimate of drug-likeness (QED) is 0.226.